The maximum atomic E-state index is 11.2. The number of hydrogen-bond acceptors (Lipinski definition) is 3. The first-order valence-corrected chi connectivity index (χ1v) is 9.72. The molecule has 0 saturated heterocycles. The summed E-state index contributed by atoms with van der Waals surface area (Å²) in [5, 5.41) is 9.74. The van der Waals surface area contributed by atoms with Crippen LogP contribution in [0.2, 0.25) is 0 Å². The van der Waals surface area contributed by atoms with E-state index in [1.165, 1.54) is 25.7 Å². The normalized spacial score (nSPS) is 12.6. The van der Waals surface area contributed by atoms with Crippen molar-refractivity contribution in [3.8, 4) is 0 Å². The molecule has 1 N–H and O–H groups in total. The summed E-state index contributed by atoms with van der Waals surface area (Å²) in [7, 11) is 0. The summed E-state index contributed by atoms with van der Waals surface area (Å²) in [4.78, 5) is 11.2. The van der Waals surface area contributed by atoms with Gasteiger partial charge in [-0.15, -0.1) is 0 Å². The summed E-state index contributed by atoms with van der Waals surface area (Å²) in [6, 6.07) is 0. The van der Waals surface area contributed by atoms with Gasteiger partial charge in [-0.2, -0.15) is 0 Å². The van der Waals surface area contributed by atoms with Crippen LogP contribution in [-0.2, 0) is 9.53 Å². The first kappa shape index (κ1) is 23.2. The minimum absolute atomic E-state index is 0.128. The molecule has 0 unspecified atom stereocenters. The Morgan fingerprint density at radius 3 is 2.32 bits per heavy atom. The van der Waals surface area contributed by atoms with Crippen LogP contribution in [0.25, 0.3) is 0 Å². The van der Waals surface area contributed by atoms with Crippen molar-refractivity contribution in [1.29, 1.82) is 0 Å². The molecular formula is C22H36O3. The Balaban J connectivity index is 3.66. The van der Waals surface area contributed by atoms with Crippen LogP contribution in [0.4, 0.5) is 0 Å². The fraction of sp³-hybridized carbons (Fsp3) is 0.591. The van der Waals surface area contributed by atoms with Gasteiger partial charge in [-0.3, -0.25) is 4.79 Å². The molecule has 0 aliphatic heterocycles. The second kappa shape index (κ2) is 18.6. The van der Waals surface area contributed by atoms with Gasteiger partial charge in [0.15, 0.2) is 0 Å². The summed E-state index contributed by atoms with van der Waals surface area (Å²) in [6.07, 6.45) is 23.9. The SMILES string of the molecule is CCCCC/C=C\C/C=C/C/C=C(O)\C=C\CCCCC(=O)OCC. The number of esters is 1. The summed E-state index contributed by atoms with van der Waals surface area (Å²) in [6.45, 7) is 4.48. The van der Waals surface area contributed by atoms with E-state index in [4.69, 9.17) is 4.74 Å². The Bertz CT molecular complexity index is 431. The second-order valence-electron chi connectivity index (χ2n) is 5.99. The average molecular weight is 349 g/mol. The van der Waals surface area contributed by atoms with E-state index in [9.17, 15) is 9.90 Å². The molecule has 0 aromatic rings. The average Bonchev–Trinajstić information content (AvgIpc) is 2.60. The molecular weight excluding hydrogens is 312 g/mol. The van der Waals surface area contributed by atoms with Crippen molar-refractivity contribution in [1.82, 2.24) is 0 Å². The van der Waals surface area contributed by atoms with Gasteiger partial charge in [-0.05, 0) is 64.0 Å². The molecule has 0 aromatic heterocycles. The van der Waals surface area contributed by atoms with Crippen LogP contribution >= 0.6 is 0 Å². The predicted octanol–water partition coefficient (Wildman–Crippen LogP) is 6.58. The molecule has 0 rings (SSSR count). The van der Waals surface area contributed by atoms with Gasteiger partial charge in [0.2, 0.25) is 0 Å². The van der Waals surface area contributed by atoms with Gasteiger partial charge in [0, 0.05) is 6.42 Å². The highest BCUT2D eigenvalue weighted by atomic mass is 16.5. The lowest BCUT2D eigenvalue weighted by Crippen LogP contribution is -2.02. The van der Waals surface area contributed by atoms with Crippen LogP contribution in [0, 0.1) is 0 Å². The summed E-state index contributed by atoms with van der Waals surface area (Å²) in [5.41, 5.74) is 0. The van der Waals surface area contributed by atoms with Crippen molar-refractivity contribution in [2.45, 2.75) is 78.1 Å². The van der Waals surface area contributed by atoms with Crippen molar-refractivity contribution in [2.24, 2.45) is 0 Å². The molecule has 0 aromatic carbocycles. The molecule has 0 saturated carbocycles. The minimum atomic E-state index is -0.128. The molecule has 0 aliphatic carbocycles. The predicted molar refractivity (Wildman–Crippen MR) is 107 cm³/mol. The number of unbranched alkanes of at least 4 members (excludes halogenated alkanes) is 5. The van der Waals surface area contributed by atoms with Crippen LogP contribution in [0.1, 0.15) is 78.1 Å². The lowest BCUT2D eigenvalue weighted by Gasteiger charge is -1.99. The summed E-state index contributed by atoms with van der Waals surface area (Å²) < 4.78 is 4.87. The standard InChI is InChI=1S/C22H36O3/c1-3-5-6-7-8-9-10-11-12-15-18-21(23)19-16-13-14-17-20-22(24)25-4-2/h8-9,11-12,16,18-19,23H,3-7,10,13-15,17,20H2,1-2H3/b9-8-,12-11+,19-16+,21-18+. The van der Waals surface area contributed by atoms with Gasteiger partial charge in [-0.25, -0.2) is 0 Å². The van der Waals surface area contributed by atoms with E-state index >= 15 is 0 Å². The number of carbonyl (C=O) groups excluding carboxylic acids is 1. The van der Waals surface area contributed by atoms with Crippen molar-refractivity contribution >= 4 is 5.97 Å². The Labute approximate surface area is 154 Å². The highest BCUT2D eigenvalue weighted by molar-refractivity contribution is 5.69. The lowest BCUT2D eigenvalue weighted by atomic mass is 10.2. The van der Waals surface area contributed by atoms with E-state index in [1.54, 1.807) is 12.2 Å². The van der Waals surface area contributed by atoms with Crippen molar-refractivity contribution in [2.75, 3.05) is 6.61 Å². The molecule has 0 aliphatic rings. The zero-order valence-electron chi connectivity index (χ0n) is 16.1. The highest BCUT2D eigenvalue weighted by Gasteiger charge is 1.99. The Kier molecular flexibility index (Phi) is 17.3. The number of carbonyl (C=O) groups is 1. The maximum Gasteiger partial charge on any atom is 0.305 e. The van der Waals surface area contributed by atoms with Crippen molar-refractivity contribution < 1.29 is 14.6 Å². The van der Waals surface area contributed by atoms with Gasteiger partial charge < -0.3 is 9.84 Å². The van der Waals surface area contributed by atoms with Crippen LogP contribution in [0.3, 0.4) is 0 Å². The number of ether oxygens (including phenoxy) is 1. The van der Waals surface area contributed by atoms with Crippen LogP contribution < -0.4 is 0 Å². The molecule has 142 valence electrons. The number of aliphatic hydroxyl groups is 1. The lowest BCUT2D eigenvalue weighted by molar-refractivity contribution is -0.143. The van der Waals surface area contributed by atoms with Crippen molar-refractivity contribution in [3.63, 3.8) is 0 Å². The number of aliphatic hydroxyl groups excluding tert-OH is 1. The zero-order chi connectivity index (χ0) is 18.6. The topological polar surface area (TPSA) is 46.5 Å². The van der Waals surface area contributed by atoms with Crippen LogP contribution in [0.15, 0.2) is 48.3 Å². The Morgan fingerprint density at radius 2 is 1.56 bits per heavy atom. The largest absolute Gasteiger partial charge is 0.508 e. The molecule has 0 fully saturated rings. The van der Waals surface area contributed by atoms with Crippen LogP contribution in [-0.4, -0.2) is 17.7 Å². The number of hydrogen-bond donors (Lipinski definition) is 1. The monoisotopic (exact) mass is 348 g/mol. The summed E-state index contributed by atoms with van der Waals surface area (Å²) in [5.74, 6) is 0.168. The first-order chi connectivity index (χ1) is 12.2. The van der Waals surface area contributed by atoms with E-state index < -0.39 is 0 Å². The molecule has 3 nitrogen and oxygen atoms in total. The molecule has 0 radical (unpaired) electrons. The smallest absolute Gasteiger partial charge is 0.305 e. The number of allylic oxidation sites excluding steroid dienone is 7. The van der Waals surface area contributed by atoms with E-state index in [1.807, 2.05) is 13.0 Å². The third-order valence-corrected chi connectivity index (χ3v) is 3.64. The first-order valence-electron chi connectivity index (χ1n) is 9.72. The molecule has 0 amide bonds. The third-order valence-electron chi connectivity index (χ3n) is 3.64. The van der Waals surface area contributed by atoms with Gasteiger partial charge in [0.25, 0.3) is 0 Å². The second-order valence-corrected chi connectivity index (χ2v) is 5.99. The Morgan fingerprint density at radius 1 is 0.880 bits per heavy atom. The van der Waals surface area contributed by atoms with Crippen LogP contribution in [0.5, 0.6) is 0 Å². The van der Waals surface area contributed by atoms with E-state index in [2.05, 4.69) is 31.2 Å². The molecule has 3 heteroatoms. The van der Waals surface area contributed by atoms with E-state index in [0.29, 0.717) is 18.8 Å². The molecule has 0 heterocycles. The van der Waals surface area contributed by atoms with E-state index in [-0.39, 0.29) is 5.97 Å². The maximum absolute atomic E-state index is 11.2. The zero-order valence-corrected chi connectivity index (χ0v) is 16.1. The quantitative estimate of drug-likeness (QED) is 0.119. The van der Waals surface area contributed by atoms with Gasteiger partial charge in [0.05, 0.1) is 6.61 Å². The Hall–Kier alpha value is -1.77. The van der Waals surface area contributed by atoms with Gasteiger partial charge in [-0.1, -0.05) is 50.1 Å². The van der Waals surface area contributed by atoms with Gasteiger partial charge in [0.1, 0.15) is 5.76 Å². The molecule has 0 bridgehead atoms. The highest BCUT2D eigenvalue weighted by Crippen LogP contribution is 2.04. The molecule has 0 atom stereocenters. The molecule has 0 spiro atoms. The molecule has 25 heavy (non-hydrogen) atoms. The summed E-state index contributed by atoms with van der Waals surface area (Å²) >= 11 is 0. The number of rotatable bonds is 15. The van der Waals surface area contributed by atoms with E-state index in [0.717, 1.165) is 32.1 Å². The van der Waals surface area contributed by atoms with Gasteiger partial charge >= 0.3 is 5.97 Å². The third kappa shape index (κ3) is 18.4. The fourth-order valence-corrected chi connectivity index (χ4v) is 2.22. The minimum Gasteiger partial charge on any atom is -0.508 e. The van der Waals surface area contributed by atoms with Crippen molar-refractivity contribution in [3.05, 3.63) is 48.3 Å². The fourth-order valence-electron chi connectivity index (χ4n) is 2.22.